The fraction of sp³-hybridized carbons (Fsp3) is 0.500. The van der Waals surface area contributed by atoms with Crippen LogP contribution in [0.2, 0.25) is 0 Å². The molecule has 7 nitrogen and oxygen atoms in total. The average molecular weight is 488 g/mol. The molecule has 2 unspecified atom stereocenters. The van der Waals surface area contributed by atoms with Gasteiger partial charge in [0.25, 0.3) is 0 Å². The van der Waals surface area contributed by atoms with Crippen LogP contribution in [0.25, 0.3) is 10.4 Å². The van der Waals surface area contributed by atoms with E-state index in [1.54, 1.807) is 4.90 Å². The second-order valence-electron chi connectivity index (χ2n) is 9.24. The SMILES string of the molecule is O=C(C1CC(=O)N(C2CCS(=O)(=O)C2)C1)N1CCN(Cc2ccc(-c3ccccc3)s2)CC1. The monoisotopic (exact) mass is 487 g/mol. The molecule has 4 heterocycles. The molecule has 3 aliphatic heterocycles. The van der Waals surface area contributed by atoms with Crippen molar-refractivity contribution in [3.05, 3.63) is 47.3 Å². The number of carbonyl (C=O) groups excluding carboxylic acids is 2. The number of piperazine rings is 1. The van der Waals surface area contributed by atoms with Gasteiger partial charge in [-0.15, -0.1) is 11.3 Å². The highest BCUT2D eigenvalue weighted by molar-refractivity contribution is 7.91. The summed E-state index contributed by atoms with van der Waals surface area (Å²) in [5.74, 6) is -0.223. The molecule has 0 N–H and O–H groups in total. The first-order valence-electron chi connectivity index (χ1n) is 11.5. The van der Waals surface area contributed by atoms with Crippen LogP contribution in [0.4, 0.5) is 0 Å². The highest BCUT2D eigenvalue weighted by Crippen LogP contribution is 2.30. The number of thiophene rings is 1. The number of likely N-dealkylation sites (tertiary alicyclic amines) is 1. The molecule has 2 atom stereocenters. The summed E-state index contributed by atoms with van der Waals surface area (Å²) in [6, 6.07) is 14.5. The number of amides is 2. The lowest BCUT2D eigenvalue weighted by Crippen LogP contribution is -2.50. The van der Waals surface area contributed by atoms with Crippen LogP contribution in [0.5, 0.6) is 0 Å². The van der Waals surface area contributed by atoms with Crippen LogP contribution < -0.4 is 0 Å². The third kappa shape index (κ3) is 5.00. The van der Waals surface area contributed by atoms with E-state index in [0.717, 1.165) is 19.6 Å². The molecule has 3 saturated heterocycles. The van der Waals surface area contributed by atoms with E-state index in [0.29, 0.717) is 26.1 Å². The minimum Gasteiger partial charge on any atom is -0.340 e. The van der Waals surface area contributed by atoms with Crippen LogP contribution in [0, 0.1) is 5.92 Å². The largest absolute Gasteiger partial charge is 0.340 e. The van der Waals surface area contributed by atoms with Crippen molar-refractivity contribution in [2.24, 2.45) is 5.92 Å². The first-order valence-corrected chi connectivity index (χ1v) is 14.2. The van der Waals surface area contributed by atoms with Crippen molar-refractivity contribution < 1.29 is 18.0 Å². The summed E-state index contributed by atoms with van der Waals surface area (Å²) in [7, 11) is -3.05. The molecule has 0 spiro atoms. The molecule has 2 amide bonds. The number of benzene rings is 1. The zero-order valence-electron chi connectivity index (χ0n) is 18.6. The van der Waals surface area contributed by atoms with Gasteiger partial charge in [-0.2, -0.15) is 0 Å². The van der Waals surface area contributed by atoms with Gasteiger partial charge in [-0.05, 0) is 24.1 Å². The second-order valence-corrected chi connectivity index (χ2v) is 12.6. The van der Waals surface area contributed by atoms with Crippen molar-refractivity contribution in [3.63, 3.8) is 0 Å². The lowest BCUT2D eigenvalue weighted by atomic mass is 10.1. The summed E-state index contributed by atoms with van der Waals surface area (Å²) in [6.07, 6.45) is 0.690. The minimum absolute atomic E-state index is 0.0348. The average Bonchev–Trinajstić information content (AvgIpc) is 3.53. The predicted octanol–water partition coefficient (Wildman–Crippen LogP) is 2.09. The molecule has 176 valence electrons. The first-order chi connectivity index (χ1) is 15.9. The number of rotatable bonds is 5. The van der Waals surface area contributed by atoms with E-state index in [1.165, 1.54) is 15.3 Å². The summed E-state index contributed by atoms with van der Waals surface area (Å²) < 4.78 is 23.6. The maximum Gasteiger partial charge on any atom is 0.228 e. The number of hydrogen-bond acceptors (Lipinski definition) is 6. The predicted molar refractivity (Wildman–Crippen MR) is 128 cm³/mol. The van der Waals surface area contributed by atoms with Crippen LogP contribution in [-0.2, 0) is 26.0 Å². The molecule has 0 bridgehead atoms. The second kappa shape index (κ2) is 9.19. The molecule has 2 aromatic rings. The van der Waals surface area contributed by atoms with Crippen molar-refractivity contribution in [2.45, 2.75) is 25.4 Å². The maximum atomic E-state index is 13.1. The minimum atomic E-state index is -3.05. The molecule has 3 fully saturated rings. The molecular formula is C24H29N3O4S2. The topological polar surface area (TPSA) is 78.0 Å². The van der Waals surface area contributed by atoms with Crippen molar-refractivity contribution in [1.82, 2.24) is 14.7 Å². The number of sulfone groups is 1. The number of hydrogen-bond donors (Lipinski definition) is 0. The third-order valence-corrected chi connectivity index (χ3v) is 9.81. The van der Waals surface area contributed by atoms with Crippen LogP contribution in [0.1, 0.15) is 17.7 Å². The van der Waals surface area contributed by atoms with Crippen molar-refractivity contribution >= 4 is 33.0 Å². The van der Waals surface area contributed by atoms with Gasteiger partial charge in [0.2, 0.25) is 11.8 Å². The molecule has 1 aromatic carbocycles. The zero-order valence-corrected chi connectivity index (χ0v) is 20.2. The van der Waals surface area contributed by atoms with E-state index in [9.17, 15) is 18.0 Å². The fourth-order valence-corrected chi connectivity index (χ4v) is 7.88. The molecule has 0 aliphatic carbocycles. The van der Waals surface area contributed by atoms with Crippen molar-refractivity contribution in [2.75, 3.05) is 44.2 Å². The standard InChI is InChI=1S/C24H29N3O4S2/c28-23-14-19(15-27(23)20-8-13-33(30,31)17-20)24(29)26-11-9-25(10-12-26)16-21-6-7-22(32-21)18-4-2-1-3-5-18/h1-7,19-20H,8-17H2. The molecule has 33 heavy (non-hydrogen) atoms. The highest BCUT2D eigenvalue weighted by Gasteiger charge is 2.43. The van der Waals surface area contributed by atoms with E-state index in [-0.39, 0.29) is 41.7 Å². The Morgan fingerprint density at radius 3 is 2.48 bits per heavy atom. The summed E-state index contributed by atoms with van der Waals surface area (Å²) in [6.45, 7) is 4.20. The smallest absolute Gasteiger partial charge is 0.228 e. The Morgan fingerprint density at radius 1 is 1.03 bits per heavy atom. The highest BCUT2D eigenvalue weighted by atomic mass is 32.2. The number of nitrogens with zero attached hydrogens (tertiary/aromatic N) is 3. The third-order valence-electron chi connectivity index (χ3n) is 6.94. The van der Waals surface area contributed by atoms with E-state index in [2.05, 4.69) is 41.3 Å². The van der Waals surface area contributed by atoms with E-state index >= 15 is 0 Å². The maximum absolute atomic E-state index is 13.1. The van der Waals surface area contributed by atoms with Crippen molar-refractivity contribution in [1.29, 1.82) is 0 Å². The van der Waals surface area contributed by atoms with Crippen LogP contribution in [-0.4, -0.2) is 85.2 Å². The van der Waals surface area contributed by atoms with Gasteiger partial charge in [-0.1, -0.05) is 30.3 Å². The fourth-order valence-electron chi connectivity index (χ4n) is 5.10. The Bertz CT molecular complexity index is 1120. The molecule has 9 heteroatoms. The van der Waals surface area contributed by atoms with Gasteiger partial charge in [-0.3, -0.25) is 14.5 Å². The summed E-state index contributed by atoms with van der Waals surface area (Å²) in [5.41, 5.74) is 1.24. The Morgan fingerprint density at radius 2 is 1.79 bits per heavy atom. The van der Waals surface area contributed by atoms with Gasteiger partial charge in [0.1, 0.15) is 0 Å². The Balaban J connectivity index is 1.12. The van der Waals surface area contributed by atoms with E-state index in [4.69, 9.17) is 0 Å². The van der Waals surface area contributed by atoms with Gasteiger partial charge in [0, 0.05) is 61.5 Å². The van der Waals surface area contributed by atoms with Gasteiger partial charge in [0.05, 0.1) is 17.4 Å². The first kappa shape index (κ1) is 22.6. The Kier molecular flexibility index (Phi) is 6.28. The van der Waals surface area contributed by atoms with Gasteiger partial charge in [-0.25, -0.2) is 8.42 Å². The summed E-state index contributed by atoms with van der Waals surface area (Å²) in [5, 5.41) is 0. The van der Waals surface area contributed by atoms with Crippen LogP contribution >= 0.6 is 11.3 Å². The zero-order chi connectivity index (χ0) is 23.0. The van der Waals surface area contributed by atoms with Crippen molar-refractivity contribution in [3.8, 4) is 10.4 Å². The molecule has 0 radical (unpaired) electrons. The van der Waals surface area contributed by atoms with Crippen LogP contribution in [0.15, 0.2) is 42.5 Å². The lowest BCUT2D eigenvalue weighted by molar-refractivity contribution is -0.137. The summed E-state index contributed by atoms with van der Waals surface area (Å²) in [4.78, 5) is 34.0. The Hall–Kier alpha value is -2.23. The lowest BCUT2D eigenvalue weighted by Gasteiger charge is -2.35. The summed E-state index contributed by atoms with van der Waals surface area (Å²) >= 11 is 1.81. The quantitative estimate of drug-likeness (QED) is 0.646. The van der Waals surface area contributed by atoms with Crippen LogP contribution in [0.3, 0.4) is 0 Å². The van der Waals surface area contributed by atoms with Gasteiger partial charge >= 0.3 is 0 Å². The van der Waals surface area contributed by atoms with Gasteiger partial charge in [0.15, 0.2) is 9.84 Å². The number of carbonyl (C=O) groups is 2. The molecule has 3 aliphatic rings. The molecule has 5 rings (SSSR count). The van der Waals surface area contributed by atoms with E-state index < -0.39 is 9.84 Å². The van der Waals surface area contributed by atoms with E-state index in [1.807, 2.05) is 22.3 Å². The Labute approximate surface area is 198 Å². The van der Waals surface area contributed by atoms with Gasteiger partial charge < -0.3 is 9.80 Å². The normalized spacial score (nSPS) is 25.6. The molecular weight excluding hydrogens is 458 g/mol. The molecule has 1 aromatic heterocycles. The molecule has 0 saturated carbocycles.